The molecule has 1 fully saturated rings. The number of nitrogens with zero attached hydrogens (tertiary/aromatic N) is 2. The first-order valence-electron chi connectivity index (χ1n) is 7.59. The van der Waals surface area contributed by atoms with Crippen LogP contribution < -0.4 is 10.2 Å². The Hall–Kier alpha value is -1.46. The molecule has 1 aromatic carbocycles. The quantitative estimate of drug-likeness (QED) is 0.795. The average Bonchev–Trinajstić information content (AvgIpc) is 2.88. The molecule has 1 aliphatic heterocycles. The van der Waals surface area contributed by atoms with Gasteiger partial charge in [0.05, 0.1) is 6.04 Å². The van der Waals surface area contributed by atoms with Crippen molar-refractivity contribution in [2.45, 2.75) is 19.4 Å². The van der Waals surface area contributed by atoms with Crippen molar-refractivity contribution in [3.05, 3.63) is 29.8 Å². The van der Waals surface area contributed by atoms with Crippen molar-refractivity contribution < 1.29 is 9.59 Å². The average molecular weight is 358 g/mol. The van der Waals surface area contributed by atoms with Crippen molar-refractivity contribution in [2.75, 3.05) is 36.3 Å². The zero-order chi connectivity index (χ0) is 16.8. The van der Waals surface area contributed by atoms with Gasteiger partial charge < -0.3 is 15.1 Å². The van der Waals surface area contributed by atoms with Crippen LogP contribution in [0, 0.1) is 6.92 Å². The molecule has 0 radical (unpaired) electrons. The third-order valence-electron chi connectivity index (χ3n) is 3.79. The van der Waals surface area contributed by atoms with Crippen LogP contribution in [0.3, 0.4) is 0 Å². The zero-order valence-electron chi connectivity index (χ0n) is 13.1. The molecule has 126 valence electrons. The second-order valence-corrected chi connectivity index (χ2v) is 6.31. The van der Waals surface area contributed by atoms with Gasteiger partial charge in [-0.2, -0.15) is 0 Å². The highest BCUT2D eigenvalue weighted by Crippen LogP contribution is 2.22. The number of halogens is 2. The lowest BCUT2D eigenvalue weighted by Crippen LogP contribution is -2.47. The van der Waals surface area contributed by atoms with E-state index in [4.69, 9.17) is 23.2 Å². The lowest BCUT2D eigenvalue weighted by atomic mass is 10.2. The monoisotopic (exact) mass is 357 g/mol. The summed E-state index contributed by atoms with van der Waals surface area (Å²) in [7, 11) is 0. The van der Waals surface area contributed by atoms with Crippen molar-refractivity contribution in [3.63, 3.8) is 0 Å². The summed E-state index contributed by atoms with van der Waals surface area (Å²) >= 11 is 11.4. The number of carbonyl (C=O) groups is 2. The van der Waals surface area contributed by atoms with Gasteiger partial charge in [0.15, 0.2) is 0 Å². The first-order valence-corrected chi connectivity index (χ1v) is 8.66. The third-order valence-corrected chi connectivity index (χ3v) is 4.13. The minimum absolute atomic E-state index is 0.0142. The van der Waals surface area contributed by atoms with Crippen molar-refractivity contribution in [3.8, 4) is 0 Å². The zero-order valence-corrected chi connectivity index (χ0v) is 14.6. The molecule has 0 aliphatic carbocycles. The summed E-state index contributed by atoms with van der Waals surface area (Å²) < 4.78 is 0. The lowest BCUT2D eigenvalue weighted by molar-refractivity contribution is -0.117. The van der Waals surface area contributed by atoms with Crippen LogP contribution in [0.15, 0.2) is 24.3 Å². The number of hydrogen-bond donors (Lipinski definition) is 1. The number of hydrogen-bond acceptors (Lipinski definition) is 2. The van der Waals surface area contributed by atoms with E-state index in [0.29, 0.717) is 37.8 Å². The summed E-state index contributed by atoms with van der Waals surface area (Å²) in [5, 5.41) is 2.90. The van der Waals surface area contributed by atoms with E-state index in [1.807, 2.05) is 31.2 Å². The number of anilines is 1. The molecule has 1 heterocycles. The summed E-state index contributed by atoms with van der Waals surface area (Å²) in [5.41, 5.74) is 2.00. The van der Waals surface area contributed by atoms with Crippen LogP contribution in [0.2, 0.25) is 0 Å². The number of rotatable bonds is 6. The Balaban J connectivity index is 1.96. The number of carbonyl (C=O) groups excluding carboxylic acids is 2. The molecule has 1 N–H and O–H groups in total. The fourth-order valence-electron chi connectivity index (χ4n) is 2.56. The van der Waals surface area contributed by atoms with E-state index >= 15 is 0 Å². The Morgan fingerprint density at radius 3 is 2.43 bits per heavy atom. The Morgan fingerprint density at radius 2 is 1.87 bits per heavy atom. The first-order chi connectivity index (χ1) is 11.0. The number of benzene rings is 1. The van der Waals surface area contributed by atoms with Crippen LogP contribution in [-0.4, -0.2) is 54.3 Å². The lowest BCUT2D eigenvalue weighted by Gasteiger charge is -2.23. The summed E-state index contributed by atoms with van der Waals surface area (Å²) in [5.74, 6) is 0.715. The van der Waals surface area contributed by atoms with Crippen LogP contribution >= 0.6 is 23.2 Å². The second-order valence-electron chi connectivity index (χ2n) is 5.56. The predicted octanol–water partition coefficient (Wildman–Crippen LogP) is 2.59. The molecule has 7 heteroatoms. The number of nitrogens with one attached hydrogen (secondary N) is 1. The Bertz CT molecular complexity index is 545. The van der Waals surface area contributed by atoms with E-state index in [1.165, 1.54) is 0 Å². The smallest absolute Gasteiger partial charge is 0.317 e. The van der Waals surface area contributed by atoms with E-state index < -0.39 is 0 Å². The van der Waals surface area contributed by atoms with Crippen LogP contribution in [0.5, 0.6) is 0 Å². The molecule has 1 atom stereocenters. The number of urea groups is 1. The second kappa shape index (κ2) is 8.41. The van der Waals surface area contributed by atoms with E-state index in [2.05, 4.69) is 5.32 Å². The maximum absolute atomic E-state index is 12.2. The normalized spacial score (nSPS) is 17.4. The van der Waals surface area contributed by atoms with Gasteiger partial charge in [0.25, 0.3) is 0 Å². The topological polar surface area (TPSA) is 52.7 Å². The minimum atomic E-state index is -0.227. The molecule has 2 rings (SSSR count). The van der Waals surface area contributed by atoms with Gasteiger partial charge in [0, 0.05) is 43.5 Å². The molecular weight excluding hydrogens is 337 g/mol. The highest BCUT2D eigenvalue weighted by atomic mass is 35.5. The summed E-state index contributed by atoms with van der Waals surface area (Å²) in [6.07, 6.45) is 0.301. The molecule has 0 spiro atoms. The SMILES string of the molecule is Cc1ccc(N2CC(NC(=O)N(CCCl)CCCl)CC2=O)cc1. The standard InChI is InChI=1S/C16H21Cl2N3O2/c1-12-2-4-14(5-3-12)21-11-13(10-15(21)22)19-16(23)20(8-6-17)9-7-18/h2-5,13H,6-11H2,1H3,(H,19,23). The van der Waals surface area contributed by atoms with Crippen molar-refractivity contribution in [1.29, 1.82) is 0 Å². The van der Waals surface area contributed by atoms with Crippen LogP contribution in [0.25, 0.3) is 0 Å². The van der Waals surface area contributed by atoms with Gasteiger partial charge in [-0.15, -0.1) is 23.2 Å². The van der Waals surface area contributed by atoms with E-state index in [1.54, 1.807) is 9.80 Å². The van der Waals surface area contributed by atoms with Crippen molar-refractivity contribution in [1.82, 2.24) is 10.2 Å². The molecule has 0 bridgehead atoms. The van der Waals surface area contributed by atoms with Gasteiger partial charge >= 0.3 is 6.03 Å². The summed E-state index contributed by atoms with van der Waals surface area (Å²) in [6, 6.07) is 7.35. The van der Waals surface area contributed by atoms with Crippen LogP contribution in [0.4, 0.5) is 10.5 Å². The molecule has 3 amide bonds. The van der Waals surface area contributed by atoms with Crippen LogP contribution in [-0.2, 0) is 4.79 Å². The molecule has 23 heavy (non-hydrogen) atoms. The van der Waals surface area contributed by atoms with Gasteiger partial charge in [0.2, 0.25) is 5.91 Å². The molecule has 5 nitrogen and oxygen atoms in total. The highest BCUT2D eigenvalue weighted by Gasteiger charge is 2.32. The van der Waals surface area contributed by atoms with Gasteiger partial charge in [-0.05, 0) is 19.1 Å². The molecule has 0 aromatic heterocycles. The third kappa shape index (κ3) is 4.75. The van der Waals surface area contributed by atoms with Gasteiger partial charge in [0.1, 0.15) is 0 Å². The number of alkyl halides is 2. The largest absolute Gasteiger partial charge is 0.333 e. The number of aryl methyl sites for hydroxylation is 1. The predicted molar refractivity (Wildman–Crippen MR) is 93.5 cm³/mol. The summed E-state index contributed by atoms with van der Waals surface area (Å²) in [6.45, 7) is 3.34. The van der Waals surface area contributed by atoms with Crippen molar-refractivity contribution in [2.24, 2.45) is 0 Å². The van der Waals surface area contributed by atoms with E-state index in [0.717, 1.165) is 11.3 Å². The highest BCUT2D eigenvalue weighted by molar-refractivity contribution is 6.18. The van der Waals surface area contributed by atoms with Gasteiger partial charge in [-0.3, -0.25) is 4.79 Å². The molecule has 1 aliphatic rings. The molecule has 1 aromatic rings. The van der Waals surface area contributed by atoms with Gasteiger partial charge in [-0.1, -0.05) is 17.7 Å². The first kappa shape index (κ1) is 17.9. The Labute approximate surface area is 146 Å². The maximum atomic E-state index is 12.2. The molecule has 1 saturated heterocycles. The molecule has 0 saturated carbocycles. The van der Waals surface area contributed by atoms with E-state index in [9.17, 15) is 9.59 Å². The fraction of sp³-hybridized carbons (Fsp3) is 0.500. The Morgan fingerprint density at radius 1 is 1.26 bits per heavy atom. The molecule has 1 unspecified atom stereocenters. The Kier molecular flexibility index (Phi) is 6.54. The minimum Gasteiger partial charge on any atom is -0.333 e. The van der Waals surface area contributed by atoms with E-state index in [-0.39, 0.29) is 18.0 Å². The maximum Gasteiger partial charge on any atom is 0.317 e. The van der Waals surface area contributed by atoms with Crippen molar-refractivity contribution >= 4 is 40.8 Å². The van der Waals surface area contributed by atoms with Crippen LogP contribution in [0.1, 0.15) is 12.0 Å². The fourth-order valence-corrected chi connectivity index (χ4v) is 2.97. The summed E-state index contributed by atoms with van der Waals surface area (Å²) in [4.78, 5) is 27.7. The molecular formula is C16H21Cl2N3O2. The number of amides is 3. The van der Waals surface area contributed by atoms with Gasteiger partial charge in [-0.25, -0.2) is 4.79 Å².